The molecule has 1 aliphatic rings. The summed E-state index contributed by atoms with van der Waals surface area (Å²) in [5.74, 6) is 0.289. The highest BCUT2D eigenvalue weighted by Gasteiger charge is 2.27. The van der Waals surface area contributed by atoms with Gasteiger partial charge in [0.2, 0.25) is 0 Å². The van der Waals surface area contributed by atoms with E-state index in [1.54, 1.807) is 12.1 Å². The summed E-state index contributed by atoms with van der Waals surface area (Å²) < 4.78 is 35.3. The highest BCUT2D eigenvalue weighted by Crippen LogP contribution is 2.18. The van der Waals surface area contributed by atoms with Crippen LogP contribution in [0.25, 0.3) is 0 Å². The number of aliphatic hydroxyl groups excluding tert-OH is 1. The molecule has 4 nitrogen and oxygen atoms in total. The first-order chi connectivity index (χ1) is 8.96. The Hall–Kier alpha value is -0.980. The van der Waals surface area contributed by atoms with Crippen molar-refractivity contribution in [3.05, 3.63) is 35.6 Å². The van der Waals surface area contributed by atoms with Crippen LogP contribution in [-0.4, -0.2) is 38.1 Å². The van der Waals surface area contributed by atoms with Gasteiger partial charge >= 0.3 is 0 Å². The van der Waals surface area contributed by atoms with Crippen LogP contribution in [0.15, 0.2) is 24.3 Å². The SMILES string of the molecule is O=S1(=O)CCC(CNCC(O)c2ccc(F)cc2)C1. The molecule has 2 rings (SSSR count). The molecule has 1 aromatic rings. The monoisotopic (exact) mass is 287 g/mol. The van der Waals surface area contributed by atoms with Gasteiger partial charge in [-0.2, -0.15) is 0 Å². The smallest absolute Gasteiger partial charge is 0.150 e. The summed E-state index contributed by atoms with van der Waals surface area (Å²) in [5, 5.41) is 13.0. The second kappa shape index (κ2) is 5.98. The van der Waals surface area contributed by atoms with E-state index in [2.05, 4.69) is 5.32 Å². The lowest BCUT2D eigenvalue weighted by molar-refractivity contribution is 0.173. The van der Waals surface area contributed by atoms with Crippen molar-refractivity contribution in [2.45, 2.75) is 12.5 Å². The predicted molar refractivity (Wildman–Crippen MR) is 71.0 cm³/mol. The molecule has 1 aromatic carbocycles. The number of rotatable bonds is 5. The van der Waals surface area contributed by atoms with Gasteiger partial charge in [0, 0.05) is 6.54 Å². The standard InChI is InChI=1S/C13H18FNO3S/c14-12-3-1-11(2-4-12)13(16)8-15-7-10-5-6-19(17,18)9-10/h1-4,10,13,15-16H,5-9H2. The molecule has 0 aromatic heterocycles. The molecule has 106 valence electrons. The minimum Gasteiger partial charge on any atom is -0.387 e. The van der Waals surface area contributed by atoms with E-state index < -0.39 is 15.9 Å². The lowest BCUT2D eigenvalue weighted by Crippen LogP contribution is -2.28. The first-order valence-corrected chi connectivity index (χ1v) is 8.13. The molecular weight excluding hydrogens is 269 g/mol. The van der Waals surface area contributed by atoms with Crippen LogP contribution in [0.5, 0.6) is 0 Å². The summed E-state index contributed by atoms with van der Waals surface area (Å²) in [6.07, 6.45) is -0.0271. The number of hydrogen-bond acceptors (Lipinski definition) is 4. The molecule has 0 saturated carbocycles. The van der Waals surface area contributed by atoms with Gasteiger partial charge in [0.15, 0.2) is 9.84 Å². The van der Waals surface area contributed by atoms with E-state index in [0.29, 0.717) is 25.1 Å². The fourth-order valence-electron chi connectivity index (χ4n) is 2.26. The molecule has 1 fully saturated rings. The third-order valence-electron chi connectivity index (χ3n) is 3.35. The van der Waals surface area contributed by atoms with Gasteiger partial charge in [-0.05, 0) is 36.6 Å². The van der Waals surface area contributed by atoms with Crippen molar-refractivity contribution in [1.29, 1.82) is 0 Å². The Labute approximate surface area is 112 Å². The number of nitrogens with one attached hydrogen (secondary N) is 1. The molecule has 0 bridgehead atoms. The Balaban J connectivity index is 1.75. The average molecular weight is 287 g/mol. The fourth-order valence-corrected chi connectivity index (χ4v) is 4.12. The van der Waals surface area contributed by atoms with Gasteiger partial charge in [0.1, 0.15) is 5.82 Å². The van der Waals surface area contributed by atoms with Gasteiger partial charge in [0.05, 0.1) is 17.6 Å². The number of halogens is 1. The number of aliphatic hydroxyl groups is 1. The maximum absolute atomic E-state index is 12.7. The highest BCUT2D eigenvalue weighted by molar-refractivity contribution is 7.91. The first-order valence-electron chi connectivity index (χ1n) is 6.31. The van der Waals surface area contributed by atoms with Crippen molar-refractivity contribution in [2.75, 3.05) is 24.6 Å². The second-order valence-corrected chi connectivity index (χ2v) is 7.22. The van der Waals surface area contributed by atoms with Crippen LogP contribution in [0.2, 0.25) is 0 Å². The van der Waals surface area contributed by atoms with Gasteiger partial charge < -0.3 is 10.4 Å². The zero-order chi connectivity index (χ0) is 13.9. The lowest BCUT2D eigenvalue weighted by atomic mass is 10.1. The van der Waals surface area contributed by atoms with Crippen LogP contribution in [0.1, 0.15) is 18.1 Å². The second-order valence-electron chi connectivity index (χ2n) is 4.99. The van der Waals surface area contributed by atoms with Crippen LogP contribution in [-0.2, 0) is 9.84 Å². The van der Waals surface area contributed by atoms with Crippen molar-refractivity contribution in [3.8, 4) is 0 Å². The van der Waals surface area contributed by atoms with Gasteiger partial charge in [-0.25, -0.2) is 12.8 Å². The largest absolute Gasteiger partial charge is 0.387 e. The van der Waals surface area contributed by atoms with Crippen molar-refractivity contribution >= 4 is 9.84 Å². The summed E-state index contributed by atoms with van der Waals surface area (Å²) in [6, 6.07) is 5.70. The number of sulfone groups is 1. The molecule has 0 spiro atoms. The molecule has 1 aliphatic heterocycles. The summed E-state index contributed by atoms with van der Waals surface area (Å²) >= 11 is 0. The third-order valence-corrected chi connectivity index (χ3v) is 5.19. The normalized spacial score (nSPS) is 23.4. The Kier molecular flexibility index (Phi) is 4.54. The minimum absolute atomic E-state index is 0.130. The van der Waals surface area contributed by atoms with Crippen molar-refractivity contribution in [1.82, 2.24) is 5.32 Å². The van der Waals surface area contributed by atoms with Gasteiger partial charge in [-0.1, -0.05) is 12.1 Å². The predicted octanol–water partition coefficient (Wildman–Crippen LogP) is 0.883. The highest BCUT2D eigenvalue weighted by atomic mass is 32.2. The minimum atomic E-state index is -2.85. The fraction of sp³-hybridized carbons (Fsp3) is 0.538. The quantitative estimate of drug-likeness (QED) is 0.844. The van der Waals surface area contributed by atoms with E-state index in [4.69, 9.17) is 0 Å². The molecule has 1 saturated heterocycles. The average Bonchev–Trinajstić information content (AvgIpc) is 2.69. The summed E-state index contributed by atoms with van der Waals surface area (Å²) in [7, 11) is -2.85. The molecule has 0 radical (unpaired) electrons. The molecule has 0 amide bonds. The van der Waals surface area contributed by atoms with E-state index in [9.17, 15) is 17.9 Å². The van der Waals surface area contributed by atoms with Gasteiger partial charge in [0.25, 0.3) is 0 Å². The maximum atomic E-state index is 12.7. The Bertz CT molecular complexity index is 515. The van der Waals surface area contributed by atoms with Gasteiger partial charge in [-0.15, -0.1) is 0 Å². The summed E-state index contributed by atoms with van der Waals surface area (Å²) in [6.45, 7) is 0.916. The summed E-state index contributed by atoms with van der Waals surface area (Å²) in [4.78, 5) is 0. The van der Waals surface area contributed by atoms with E-state index in [0.717, 1.165) is 0 Å². The molecule has 2 atom stereocenters. The van der Waals surface area contributed by atoms with E-state index in [1.807, 2.05) is 0 Å². The molecule has 2 N–H and O–H groups in total. The molecule has 1 heterocycles. The van der Waals surface area contributed by atoms with Crippen LogP contribution >= 0.6 is 0 Å². The lowest BCUT2D eigenvalue weighted by Gasteiger charge is -2.14. The van der Waals surface area contributed by atoms with E-state index >= 15 is 0 Å². The topological polar surface area (TPSA) is 66.4 Å². The molecule has 6 heteroatoms. The van der Waals surface area contributed by atoms with Crippen molar-refractivity contribution in [2.24, 2.45) is 5.92 Å². The first kappa shape index (κ1) is 14.4. The van der Waals surface area contributed by atoms with Crippen LogP contribution in [0.3, 0.4) is 0 Å². The zero-order valence-electron chi connectivity index (χ0n) is 10.5. The Morgan fingerprint density at radius 1 is 1.37 bits per heavy atom. The van der Waals surface area contributed by atoms with Crippen LogP contribution in [0, 0.1) is 11.7 Å². The van der Waals surface area contributed by atoms with Crippen LogP contribution < -0.4 is 5.32 Å². The number of hydrogen-bond donors (Lipinski definition) is 2. The Morgan fingerprint density at radius 2 is 2.05 bits per heavy atom. The Morgan fingerprint density at radius 3 is 2.63 bits per heavy atom. The number of benzene rings is 1. The van der Waals surface area contributed by atoms with Crippen molar-refractivity contribution in [3.63, 3.8) is 0 Å². The maximum Gasteiger partial charge on any atom is 0.150 e. The van der Waals surface area contributed by atoms with E-state index in [1.165, 1.54) is 12.1 Å². The van der Waals surface area contributed by atoms with Crippen LogP contribution in [0.4, 0.5) is 4.39 Å². The van der Waals surface area contributed by atoms with Gasteiger partial charge in [-0.3, -0.25) is 0 Å². The molecular formula is C13H18FNO3S. The summed E-state index contributed by atoms with van der Waals surface area (Å²) in [5.41, 5.74) is 0.646. The van der Waals surface area contributed by atoms with E-state index in [-0.39, 0.29) is 23.2 Å². The zero-order valence-corrected chi connectivity index (χ0v) is 11.4. The molecule has 0 aliphatic carbocycles. The third kappa shape index (κ3) is 4.26. The van der Waals surface area contributed by atoms with Crippen molar-refractivity contribution < 1.29 is 17.9 Å². The molecule has 19 heavy (non-hydrogen) atoms. The molecule has 2 unspecified atom stereocenters.